The zero-order valence-electron chi connectivity index (χ0n) is 14.7. The van der Waals surface area contributed by atoms with Gasteiger partial charge in [-0.2, -0.15) is 0 Å². The van der Waals surface area contributed by atoms with Gasteiger partial charge in [-0.05, 0) is 25.0 Å². The van der Waals surface area contributed by atoms with E-state index in [0.29, 0.717) is 31.9 Å². The molecule has 1 fully saturated rings. The normalized spacial score (nSPS) is 18.0. The number of carbonyl (C=O) groups is 1. The van der Waals surface area contributed by atoms with Crippen molar-refractivity contribution in [3.05, 3.63) is 60.1 Å². The molecule has 134 valence electrons. The fourth-order valence-corrected chi connectivity index (χ4v) is 3.31. The number of hydrogen-bond donors (Lipinski definition) is 0. The minimum absolute atomic E-state index is 0.00900. The van der Waals surface area contributed by atoms with Crippen LogP contribution in [0.25, 0.3) is 5.65 Å². The number of carbonyl (C=O) groups excluding carboxylic acids is 1. The molecule has 0 N–H and O–H groups in total. The van der Waals surface area contributed by atoms with Crippen LogP contribution in [0, 0.1) is 12.8 Å². The van der Waals surface area contributed by atoms with Crippen LogP contribution in [0.3, 0.4) is 0 Å². The third kappa shape index (κ3) is 3.57. The van der Waals surface area contributed by atoms with Crippen LogP contribution in [-0.2, 0) is 11.2 Å². The summed E-state index contributed by atoms with van der Waals surface area (Å²) in [6.45, 7) is 4.36. The van der Waals surface area contributed by atoms with Gasteiger partial charge in [-0.15, -0.1) is 0 Å². The van der Waals surface area contributed by atoms with Gasteiger partial charge in [-0.25, -0.2) is 4.98 Å². The van der Waals surface area contributed by atoms with Crippen LogP contribution in [0.2, 0.25) is 0 Å². The summed E-state index contributed by atoms with van der Waals surface area (Å²) in [5.74, 6) is 0.211. The molecule has 1 unspecified atom stereocenters. The van der Waals surface area contributed by atoms with Gasteiger partial charge in [0.25, 0.3) is 5.91 Å². The number of fused-ring (bicyclic) bond motifs is 1. The monoisotopic (exact) mass is 351 g/mol. The maximum Gasteiger partial charge on any atom is 0.255 e. The first kappa shape index (κ1) is 16.7. The maximum absolute atomic E-state index is 12.8. The predicted octanol–water partition coefficient (Wildman–Crippen LogP) is 1.76. The molecule has 1 saturated heterocycles. The lowest BCUT2D eigenvalue weighted by molar-refractivity contribution is 0.0736. The summed E-state index contributed by atoms with van der Waals surface area (Å²) in [6.07, 6.45) is 11.6. The summed E-state index contributed by atoms with van der Waals surface area (Å²) in [7, 11) is 0. The van der Waals surface area contributed by atoms with E-state index in [2.05, 4.69) is 15.0 Å². The lowest BCUT2D eigenvalue weighted by Crippen LogP contribution is -2.36. The van der Waals surface area contributed by atoms with E-state index in [4.69, 9.17) is 4.74 Å². The average Bonchev–Trinajstić information content (AvgIpc) is 2.99. The van der Waals surface area contributed by atoms with Crippen molar-refractivity contribution in [1.82, 2.24) is 24.3 Å². The molecule has 7 heteroatoms. The lowest BCUT2D eigenvalue weighted by Gasteiger charge is -2.23. The van der Waals surface area contributed by atoms with Gasteiger partial charge in [0.05, 0.1) is 30.7 Å². The Bertz CT molecular complexity index is 923. The van der Waals surface area contributed by atoms with Crippen molar-refractivity contribution >= 4 is 11.6 Å². The Balaban J connectivity index is 1.49. The largest absolute Gasteiger partial charge is 0.379 e. The lowest BCUT2D eigenvalue weighted by atomic mass is 10.0. The van der Waals surface area contributed by atoms with E-state index in [9.17, 15) is 4.79 Å². The molecule has 0 saturated carbocycles. The van der Waals surface area contributed by atoms with E-state index in [-0.39, 0.29) is 11.8 Å². The second-order valence-electron chi connectivity index (χ2n) is 6.72. The van der Waals surface area contributed by atoms with Crippen LogP contribution in [-0.4, -0.2) is 56.5 Å². The maximum atomic E-state index is 12.8. The van der Waals surface area contributed by atoms with Crippen LogP contribution >= 0.6 is 0 Å². The topological polar surface area (TPSA) is 72.6 Å². The van der Waals surface area contributed by atoms with Gasteiger partial charge in [0.1, 0.15) is 0 Å². The number of nitrogens with zero attached hydrogens (tertiary/aromatic N) is 5. The predicted molar refractivity (Wildman–Crippen MR) is 95.9 cm³/mol. The number of rotatable bonds is 3. The number of amides is 1. The van der Waals surface area contributed by atoms with E-state index in [1.165, 1.54) is 0 Å². The molecule has 3 aromatic heterocycles. The SMILES string of the molecule is Cc1cncc(C(=O)N2CCOCC(Cc3cn4ccnc4cn3)C2)c1. The van der Waals surface area contributed by atoms with Crippen molar-refractivity contribution in [2.75, 3.05) is 26.3 Å². The van der Waals surface area contributed by atoms with Crippen molar-refractivity contribution in [2.45, 2.75) is 13.3 Å². The quantitative estimate of drug-likeness (QED) is 0.719. The fraction of sp³-hybridized carbons (Fsp3) is 0.368. The minimum atomic E-state index is 0.00900. The molecule has 4 heterocycles. The minimum Gasteiger partial charge on any atom is -0.379 e. The molecular weight excluding hydrogens is 330 g/mol. The smallest absolute Gasteiger partial charge is 0.255 e. The third-order valence-corrected chi connectivity index (χ3v) is 4.58. The molecule has 3 aromatic rings. The highest BCUT2D eigenvalue weighted by atomic mass is 16.5. The zero-order chi connectivity index (χ0) is 17.9. The molecule has 7 nitrogen and oxygen atoms in total. The molecule has 0 aromatic carbocycles. The van der Waals surface area contributed by atoms with E-state index in [1.54, 1.807) is 24.8 Å². The fourth-order valence-electron chi connectivity index (χ4n) is 3.31. The van der Waals surface area contributed by atoms with Gasteiger partial charge in [-0.3, -0.25) is 14.8 Å². The van der Waals surface area contributed by atoms with Crippen molar-refractivity contribution in [3.63, 3.8) is 0 Å². The summed E-state index contributed by atoms with van der Waals surface area (Å²) in [4.78, 5) is 27.6. The summed E-state index contributed by atoms with van der Waals surface area (Å²) < 4.78 is 7.69. The summed E-state index contributed by atoms with van der Waals surface area (Å²) in [5, 5.41) is 0. The Morgan fingerprint density at radius 1 is 1.31 bits per heavy atom. The molecule has 1 aliphatic rings. The van der Waals surface area contributed by atoms with Crippen molar-refractivity contribution in [3.8, 4) is 0 Å². The highest BCUT2D eigenvalue weighted by Crippen LogP contribution is 2.16. The first-order valence-electron chi connectivity index (χ1n) is 8.75. The summed E-state index contributed by atoms with van der Waals surface area (Å²) in [5.41, 5.74) is 3.41. The highest BCUT2D eigenvalue weighted by Gasteiger charge is 2.24. The van der Waals surface area contributed by atoms with Gasteiger partial charge in [0.2, 0.25) is 0 Å². The number of imidazole rings is 1. The Kier molecular flexibility index (Phi) is 4.62. The van der Waals surface area contributed by atoms with Crippen LogP contribution in [0.4, 0.5) is 0 Å². The van der Waals surface area contributed by atoms with Gasteiger partial charge in [-0.1, -0.05) is 0 Å². The number of aromatic nitrogens is 4. The Morgan fingerprint density at radius 3 is 3.12 bits per heavy atom. The van der Waals surface area contributed by atoms with Crippen LogP contribution in [0.5, 0.6) is 0 Å². The second-order valence-corrected chi connectivity index (χ2v) is 6.72. The molecule has 26 heavy (non-hydrogen) atoms. The molecule has 1 amide bonds. The van der Waals surface area contributed by atoms with Gasteiger partial charge in [0, 0.05) is 50.0 Å². The van der Waals surface area contributed by atoms with E-state index >= 15 is 0 Å². The molecule has 0 bridgehead atoms. The Hall–Kier alpha value is -2.80. The Morgan fingerprint density at radius 2 is 2.23 bits per heavy atom. The van der Waals surface area contributed by atoms with Crippen LogP contribution < -0.4 is 0 Å². The average molecular weight is 351 g/mol. The zero-order valence-corrected chi connectivity index (χ0v) is 14.7. The van der Waals surface area contributed by atoms with Gasteiger partial charge < -0.3 is 14.0 Å². The molecule has 0 spiro atoms. The van der Waals surface area contributed by atoms with Crippen molar-refractivity contribution in [2.24, 2.45) is 5.92 Å². The number of pyridine rings is 1. The van der Waals surface area contributed by atoms with E-state index in [0.717, 1.165) is 23.3 Å². The van der Waals surface area contributed by atoms with Gasteiger partial charge in [0.15, 0.2) is 5.65 Å². The number of aryl methyl sites for hydroxylation is 1. The molecule has 4 rings (SSSR count). The van der Waals surface area contributed by atoms with Crippen LogP contribution in [0.1, 0.15) is 21.6 Å². The standard InChI is InChI=1S/C19H21N5O2/c1-14-6-16(9-20-8-14)19(25)24-4-5-26-13-15(11-24)7-17-12-23-3-2-21-18(23)10-22-17/h2-3,6,8-10,12,15H,4-5,7,11,13H2,1H3. The summed E-state index contributed by atoms with van der Waals surface area (Å²) in [6, 6.07) is 1.88. The first-order valence-corrected chi connectivity index (χ1v) is 8.75. The number of hydrogen-bond acceptors (Lipinski definition) is 5. The molecule has 1 aliphatic heterocycles. The van der Waals surface area contributed by atoms with E-state index < -0.39 is 0 Å². The summed E-state index contributed by atoms with van der Waals surface area (Å²) >= 11 is 0. The second kappa shape index (κ2) is 7.21. The van der Waals surface area contributed by atoms with Gasteiger partial charge >= 0.3 is 0 Å². The van der Waals surface area contributed by atoms with Crippen molar-refractivity contribution < 1.29 is 9.53 Å². The highest BCUT2D eigenvalue weighted by molar-refractivity contribution is 5.94. The Labute approximate surface area is 151 Å². The first-order chi connectivity index (χ1) is 12.7. The number of ether oxygens (including phenoxy) is 1. The third-order valence-electron chi connectivity index (χ3n) is 4.58. The van der Waals surface area contributed by atoms with Crippen molar-refractivity contribution in [1.29, 1.82) is 0 Å². The van der Waals surface area contributed by atoms with Crippen LogP contribution in [0.15, 0.2) is 43.2 Å². The molecule has 0 aliphatic carbocycles. The molecular formula is C19H21N5O2. The molecule has 0 radical (unpaired) electrons. The van der Waals surface area contributed by atoms with E-state index in [1.807, 2.05) is 34.7 Å². The molecule has 1 atom stereocenters.